The van der Waals surface area contributed by atoms with Gasteiger partial charge in [0, 0.05) is 31.1 Å². The number of methoxy groups -OCH3 is 1. The molecule has 1 heterocycles. The van der Waals surface area contributed by atoms with Gasteiger partial charge in [0.2, 0.25) is 5.91 Å². The molecule has 39 heavy (non-hydrogen) atoms. The Bertz CT molecular complexity index is 1380. The molecule has 3 aromatic carbocycles. The van der Waals surface area contributed by atoms with Crippen LogP contribution in [0.3, 0.4) is 0 Å². The molecule has 0 fully saturated rings. The van der Waals surface area contributed by atoms with Gasteiger partial charge < -0.3 is 19.5 Å². The standard InChI is InChI=1S/C32H38N4O3/c1-24(2)35(22-25-13-6-4-7-14-25)31(37)23-36-29-18-10-9-17-28(29)34-30(36)19-8-5-11-20-33-32(38)26-15-12-16-27(21-26)39-3/h4,6-7,9-10,12-18,21,24H,5,8,11,19-20,22-23H2,1-3H3,(H,33,38). The highest BCUT2D eigenvalue weighted by atomic mass is 16.5. The van der Waals surface area contributed by atoms with Crippen molar-refractivity contribution in [2.24, 2.45) is 0 Å². The lowest BCUT2D eigenvalue weighted by Gasteiger charge is -2.27. The van der Waals surface area contributed by atoms with Gasteiger partial charge in [-0.05, 0) is 62.6 Å². The molecular formula is C32H38N4O3. The summed E-state index contributed by atoms with van der Waals surface area (Å²) in [6.45, 7) is 5.56. The third-order valence-corrected chi connectivity index (χ3v) is 6.86. The number of amides is 2. The highest BCUT2D eigenvalue weighted by molar-refractivity contribution is 5.94. The molecule has 0 aliphatic heterocycles. The van der Waals surface area contributed by atoms with Crippen LogP contribution in [0.1, 0.15) is 54.9 Å². The fourth-order valence-electron chi connectivity index (χ4n) is 4.71. The minimum atomic E-state index is -0.0978. The van der Waals surface area contributed by atoms with Crippen LogP contribution in [0.4, 0.5) is 0 Å². The molecule has 0 saturated carbocycles. The smallest absolute Gasteiger partial charge is 0.251 e. The summed E-state index contributed by atoms with van der Waals surface area (Å²) in [7, 11) is 1.59. The first kappa shape index (κ1) is 27.9. The van der Waals surface area contributed by atoms with Crippen LogP contribution < -0.4 is 10.1 Å². The van der Waals surface area contributed by atoms with Crippen molar-refractivity contribution in [2.45, 2.75) is 58.7 Å². The second-order valence-electron chi connectivity index (χ2n) is 10.0. The van der Waals surface area contributed by atoms with Crippen LogP contribution in [0.5, 0.6) is 5.75 Å². The summed E-state index contributed by atoms with van der Waals surface area (Å²) in [5, 5.41) is 2.99. The maximum Gasteiger partial charge on any atom is 0.251 e. The Labute approximate surface area is 230 Å². The average molecular weight is 527 g/mol. The number of nitrogens with one attached hydrogen (secondary N) is 1. The predicted molar refractivity (Wildman–Crippen MR) is 155 cm³/mol. The Balaban J connectivity index is 1.34. The van der Waals surface area contributed by atoms with Gasteiger partial charge in [-0.1, -0.05) is 55.0 Å². The molecule has 1 aromatic heterocycles. The quantitative estimate of drug-likeness (QED) is 0.229. The number of aryl methyl sites for hydroxylation is 1. The van der Waals surface area contributed by atoms with E-state index in [-0.39, 0.29) is 24.4 Å². The molecule has 0 aliphatic rings. The van der Waals surface area contributed by atoms with E-state index in [9.17, 15) is 9.59 Å². The molecule has 7 heteroatoms. The second kappa shape index (κ2) is 13.6. The molecule has 7 nitrogen and oxygen atoms in total. The Hall–Kier alpha value is -4.13. The fraction of sp³-hybridized carbons (Fsp3) is 0.344. The van der Waals surface area contributed by atoms with Crippen molar-refractivity contribution in [1.82, 2.24) is 19.8 Å². The molecule has 0 atom stereocenters. The van der Waals surface area contributed by atoms with E-state index in [4.69, 9.17) is 9.72 Å². The van der Waals surface area contributed by atoms with Crippen LogP contribution in [0, 0.1) is 0 Å². The molecule has 4 rings (SSSR count). The van der Waals surface area contributed by atoms with Gasteiger partial charge in [0.1, 0.15) is 18.1 Å². The third-order valence-electron chi connectivity index (χ3n) is 6.86. The van der Waals surface area contributed by atoms with E-state index in [0.29, 0.717) is 24.4 Å². The number of nitrogens with zero attached hydrogens (tertiary/aromatic N) is 3. The van der Waals surface area contributed by atoms with E-state index >= 15 is 0 Å². The maximum absolute atomic E-state index is 13.5. The SMILES string of the molecule is COc1cccc(C(=O)NCCCCCc2nc3ccccc3n2CC(=O)N(Cc2ccccc2)C(C)C)c1. The van der Waals surface area contributed by atoms with E-state index in [1.165, 1.54) is 0 Å². The fourth-order valence-corrected chi connectivity index (χ4v) is 4.71. The van der Waals surface area contributed by atoms with Crippen LogP contribution in [0.2, 0.25) is 0 Å². The lowest BCUT2D eigenvalue weighted by atomic mass is 10.1. The first-order chi connectivity index (χ1) is 19.0. The van der Waals surface area contributed by atoms with Gasteiger partial charge in [-0.2, -0.15) is 0 Å². The number of ether oxygens (including phenoxy) is 1. The number of hydrogen-bond acceptors (Lipinski definition) is 4. The molecule has 0 spiro atoms. The van der Waals surface area contributed by atoms with Crippen LogP contribution in [0.15, 0.2) is 78.9 Å². The number of para-hydroxylation sites is 2. The molecular weight excluding hydrogens is 488 g/mol. The number of benzene rings is 3. The van der Waals surface area contributed by atoms with Gasteiger partial charge in [-0.3, -0.25) is 9.59 Å². The summed E-state index contributed by atoms with van der Waals surface area (Å²) in [6, 6.07) is 25.3. The first-order valence-electron chi connectivity index (χ1n) is 13.7. The van der Waals surface area contributed by atoms with Crippen LogP contribution in [0.25, 0.3) is 11.0 Å². The van der Waals surface area contributed by atoms with Crippen LogP contribution in [-0.4, -0.2) is 46.0 Å². The zero-order chi connectivity index (χ0) is 27.6. The lowest BCUT2D eigenvalue weighted by molar-refractivity contribution is -0.134. The van der Waals surface area contributed by atoms with Gasteiger partial charge in [0.15, 0.2) is 0 Å². The summed E-state index contributed by atoms with van der Waals surface area (Å²) in [4.78, 5) is 32.7. The topological polar surface area (TPSA) is 76.5 Å². The van der Waals surface area contributed by atoms with E-state index in [1.807, 2.05) is 59.5 Å². The number of aromatic nitrogens is 2. The highest BCUT2D eigenvalue weighted by Gasteiger charge is 2.20. The number of unbranched alkanes of at least 4 members (excludes halogenated alkanes) is 2. The lowest BCUT2D eigenvalue weighted by Crippen LogP contribution is -2.38. The molecule has 4 aromatic rings. The second-order valence-corrected chi connectivity index (χ2v) is 10.0. The van der Waals surface area contributed by atoms with E-state index in [1.54, 1.807) is 19.2 Å². The zero-order valence-corrected chi connectivity index (χ0v) is 23.1. The number of carbonyl (C=O) groups is 2. The van der Waals surface area contributed by atoms with Crippen molar-refractivity contribution < 1.29 is 14.3 Å². The Kier molecular flexibility index (Phi) is 9.73. The van der Waals surface area contributed by atoms with Gasteiger partial charge in [-0.25, -0.2) is 4.98 Å². The molecule has 1 N–H and O–H groups in total. The molecule has 0 radical (unpaired) electrons. The van der Waals surface area contributed by atoms with E-state index in [0.717, 1.165) is 48.1 Å². The average Bonchev–Trinajstić information content (AvgIpc) is 3.30. The highest BCUT2D eigenvalue weighted by Crippen LogP contribution is 2.19. The summed E-state index contributed by atoms with van der Waals surface area (Å²) < 4.78 is 7.27. The predicted octanol–water partition coefficient (Wildman–Crippen LogP) is 5.62. The minimum Gasteiger partial charge on any atom is -0.497 e. The van der Waals surface area contributed by atoms with Crippen LogP contribution in [-0.2, 0) is 24.3 Å². The van der Waals surface area contributed by atoms with E-state index in [2.05, 4.69) is 35.9 Å². The normalized spacial score (nSPS) is 11.1. The van der Waals surface area contributed by atoms with Gasteiger partial charge >= 0.3 is 0 Å². The molecule has 0 aliphatic carbocycles. The number of fused-ring (bicyclic) bond motifs is 1. The van der Waals surface area contributed by atoms with Crippen molar-refractivity contribution in [3.8, 4) is 5.75 Å². The third kappa shape index (κ3) is 7.47. The van der Waals surface area contributed by atoms with Crippen molar-refractivity contribution in [2.75, 3.05) is 13.7 Å². The zero-order valence-electron chi connectivity index (χ0n) is 23.1. The largest absolute Gasteiger partial charge is 0.497 e. The molecule has 0 unspecified atom stereocenters. The van der Waals surface area contributed by atoms with E-state index < -0.39 is 0 Å². The molecule has 204 valence electrons. The summed E-state index contributed by atoms with van der Waals surface area (Å²) in [5.74, 6) is 1.58. The summed E-state index contributed by atoms with van der Waals surface area (Å²) >= 11 is 0. The van der Waals surface area contributed by atoms with Gasteiger partial charge in [0.05, 0.1) is 18.1 Å². The first-order valence-corrected chi connectivity index (χ1v) is 13.7. The number of hydrogen-bond donors (Lipinski definition) is 1. The number of imidazole rings is 1. The van der Waals surface area contributed by atoms with Crippen molar-refractivity contribution >= 4 is 22.8 Å². The van der Waals surface area contributed by atoms with Gasteiger partial charge in [0.25, 0.3) is 5.91 Å². The van der Waals surface area contributed by atoms with Crippen molar-refractivity contribution in [3.05, 3.63) is 95.8 Å². The van der Waals surface area contributed by atoms with Gasteiger partial charge in [-0.15, -0.1) is 0 Å². The maximum atomic E-state index is 13.5. The Morgan fingerprint density at radius 3 is 2.49 bits per heavy atom. The summed E-state index contributed by atoms with van der Waals surface area (Å²) in [6.07, 6.45) is 3.51. The minimum absolute atomic E-state index is 0.0820. The Morgan fingerprint density at radius 2 is 1.72 bits per heavy atom. The number of carbonyl (C=O) groups excluding carboxylic acids is 2. The molecule has 0 bridgehead atoms. The van der Waals surface area contributed by atoms with Crippen molar-refractivity contribution in [3.63, 3.8) is 0 Å². The summed E-state index contributed by atoms with van der Waals surface area (Å²) in [5.41, 5.74) is 3.60. The monoisotopic (exact) mass is 526 g/mol. The molecule has 0 saturated heterocycles. The number of rotatable bonds is 13. The van der Waals surface area contributed by atoms with Crippen LogP contribution >= 0.6 is 0 Å². The van der Waals surface area contributed by atoms with Crippen molar-refractivity contribution in [1.29, 1.82) is 0 Å². The Morgan fingerprint density at radius 1 is 0.949 bits per heavy atom. The molecule has 2 amide bonds.